The predicted octanol–water partition coefficient (Wildman–Crippen LogP) is 3.49. The molecule has 0 spiro atoms. The van der Waals surface area contributed by atoms with Crippen LogP contribution in [0.25, 0.3) is 0 Å². The van der Waals surface area contributed by atoms with Gasteiger partial charge in [0.15, 0.2) is 0 Å². The van der Waals surface area contributed by atoms with Crippen LogP contribution in [0.3, 0.4) is 0 Å². The second-order valence-corrected chi connectivity index (χ2v) is 6.73. The Morgan fingerprint density at radius 3 is 2.19 bits per heavy atom. The van der Waals surface area contributed by atoms with E-state index in [1.165, 1.54) is 24.1 Å². The van der Waals surface area contributed by atoms with E-state index < -0.39 is 5.60 Å². The van der Waals surface area contributed by atoms with E-state index in [9.17, 15) is 5.11 Å². The zero-order chi connectivity index (χ0) is 15.3. The van der Waals surface area contributed by atoms with Gasteiger partial charge in [0.1, 0.15) is 0 Å². The Labute approximate surface area is 129 Å². The molecule has 1 atom stereocenters. The fourth-order valence-electron chi connectivity index (χ4n) is 3.09. The van der Waals surface area contributed by atoms with Crippen molar-refractivity contribution in [2.45, 2.75) is 57.1 Å². The van der Waals surface area contributed by atoms with Crippen LogP contribution in [0, 0.1) is 0 Å². The predicted molar refractivity (Wildman–Crippen MR) is 89.8 cm³/mol. The maximum absolute atomic E-state index is 10.7. The summed E-state index contributed by atoms with van der Waals surface area (Å²) in [5.41, 5.74) is 1.99. The van der Waals surface area contributed by atoms with Crippen LogP contribution in [0.15, 0.2) is 24.3 Å². The van der Waals surface area contributed by atoms with Crippen molar-refractivity contribution in [2.24, 2.45) is 0 Å². The lowest BCUT2D eigenvalue weighted by Gasteiger charge is -2.29. The van der Waals surface area contributed by atoms with Crippen LogP contribution in [-0.4, -0.2) is 31.3 Å². The highest BCUT2D eigenvalue weighted by molar-refractivity contribution is 5.46. The molecule has 3 nitrogen and oxygen atoms in total. The van der Waals surface area contributed by atoms with E-state index >= 15 is 0 Å². The number of nitrogens with zero attached hydrogens (tertiary/aromatic N) is 1. The Balaban J connectivity index is 1.89. The summed E-state index contributed by atoms with van der Waals surface area (Å²) < 4.78 is 0. The molecule has 2 rings (SSSR count). The number of hydrogen-bond acceptors (Lipinski definition) is 3. The number of aliphatic hydroxyl groups is 1. The van der Waals surface area contributed by atoms with Gasteiger partial charge in [-0.25, -0.2) is 0 Å². The molecule has 0 heterocycles. The van der Waals surface area contributed by atoms with Crippen molar-refractivity contribution in [3.8, 4) is 0 Å². The monoisotopic (exact) mass is 290 g/mol. The van der Waals surface area contributed by atoms with E-state index in [0.29, 0.717) is 6.54 Å². The van der Waals surface area contributed by atoms with Crippen molar-refractivity contribution in [1.82, 2.24) is 5.32 Å². The summed E-state index contributed by atoms with van der Waals surface area (Å²) in [6.07, 6.45) is 6.72. The number of hydrogen-bond donors (Lipinski definition) is 2. The number of nitrogens with one attached hydrogen (secondary N) is 1. The topological polar surface area (TPSA) is 35.5 Å². The van der Waals surface area contributed by atoms with Gasteiger partial charge < -0.3 is 15.3 Å². The van der Waals surface area contributed by atoms with E-state index in [2.05, 4.69) is 55.5 Å². The molecule has 1 aromatic rings. The summed E-state index contributed by atoms with van der Waals surface area (Å²) in [5.74, 6) is 0. The molecule has 0 saturated heterocycles. The Morgan fingerprint density at radius 2 is 1.67 bits per heavy atom. The molecular weight excluding hydrogens is 260 g/mol. The van der Waals surface area contributed by atoms with E-state index in [1.54, 1.807) is 0 Å². The van der Waals surface area contributed by atoms with Crippen LogP contribution in [0.4, 0.5) is 5.69 Å². The van der Waals surface area contributed by atoms with E-state index in [0.717, 1.165) is 25.7 Å². The van der Waals surface area contributed by atoms with Gasteiger partial charge in [-0.15, -0.1) is 0 Å². The van der Waals surface area contributed by atoms with Gasteiger partial charge in [-0.1, -0.05) is 37.8 Å². The molecule has 2 N–H and O–H groups in total. The first kappa shape index (κ1) is 16.3. The molecule has 0 amide bonds. The maximum Gasteiger partial charge on any atom is 0.0771 e. The van der Waals surface area contributed by atoms with E-state index in [1.807, 2.05) is 0 Å². The number of rotatable bonds is 5. The van der Waals surface area contributed by atoms with Crippen molar-refractivity contribution in [1.29, 1.82) is 0 Å². The summed E-state index contributed by atoms with van der Waals surface area (Å²) in [5, 5.41) is 14.2. The van der Waals surface area contributed by atoms with Crippen molar-refractivity contribution in [3.63, 3.8) is 0 Å². The Kier molecular flexibility index (Phi) is 5.65. The largest absolute Gasteiger partial charge is 0.389 e. The normalized spacial score (nSPS) is 19.8. The summed E-state index contributed by atoms with van der Waals surface area (Å²) >= 11 is 0. The molecule has 1 aromatic carbocycles. The van der Waals surface area contributed by atoms with E-state index in [-0.39, 0.29) is 6.04 Å². The highest BCUT2D eigenvalue weighted by Crippen LogP contribution is 2.27. The molecule has 1 aliphatic rings. The van der Waals surface area contributed by atoms with Crippen molar-refractivity contribution < 1.29 is 5.11 Å². The summed E-state index contributed by atoms with van der Waals surface area (Å²) in [6.45, 7) is 2.87. The molecule has 1 unspecified atom stereocenters. The van der Waals surface area contributed by atoms with Gasteiger partial charge in [0.2, 0.25) is 0 Å². The second kappa shape index (κ2) is 7.28. The van der Waals surface area contributed by atoms with Crippen LogP contribution < -0.4 is 10.2 Å². The molecule has 3 heteroatoms. The van der Waals surface area contributed by atoms with Crippen LogP contribution in [0.1, 0.15) is 57.1 Å². The van der Waals surface area contributed by atoms with Crippen LogP contribution in [0.2, 0.25) is 0 Å². The zero-order valence-electron chi connectivity index (χ0n) is 13.7. The fraction of sp³-hybridized carbons (Fsp3) is 0.667. The molecular formula is C18H30N2O. The van der Waals surface area contributed by atoms with Gasteiger partial charge in [-0.3, -0.25) is 0 Å². The lowest BCUT2D eigenvalue weighted by Crippen LogP contribution is -2.41. The SMILES string of the molecule is CC(NCC1(O)CCCCCC1)c1ccc(N(C)C)cc1. The zero-order valence-corrected chi connectivity index (χ0v) is 13.7. The first-order valence-corrected chi connectivity index (χ1v) is 8.23. The van der Waals surface area contributed by atoms with Gasteiger partial charge in [0.05, 0.1) is 5.60 Å². The van der Waals surface area contributed by atoms with Gasteiger partial charge >= 0.3 is 0 Å². The third-order valence-electron chi connectivity index (χ3n) is 4.68. The smallest absolute Gasteiger partial charge is 0.0771 e. The van der Waals surface area contributed by atoms with Crippen molar-refractivity contribution in [2.75, 3.05) is 25.5 Å². The Bertz CT molecular complexity index is 419. The Hall–Kier alpha value is -1.06. The molecule has 1 aliphatic carbocycles. The maximum atomic E-state index is 10.7. The number of benzene rings is 1. The molecule has 0 bridgehead atoms. The third kappa shape index (κ3) is 4.72. The fourth-order valence-corrected chi connectivity index (χ4v) is 3.09. The van der Waals surface area contributed by atoms with Crippen molar-refractivity contribution >= 4 is 5.69 Å². The molecule has 21 heavy (non-hydrogen) atoms. The molecule has 1 saturated carbocycles. The molecule has 0 aliphatic heterocycles. The second-order valence-electron chi connectivity index (χ2n) is 6.73. The molecule has 0 radical (unpaired) electrons. The lowest BCUT2D eigenvalue weighted by molar-refractivity contribution is 0.0231. The third-order valence-corrected chi connectivity index (χ3v) is 4.68. The minimum Gasteiger partial charge on any atom is -0.389 e. The van der Waals surface area contributed by atoms with Crippen LogP contribution in [-0.2, 0) is 0 Å². The molecule has 118 valence electrons. The average molecular weight is 290 g/mol. The van der Waals surface area contributed by atoms with Crippen LogP contribution in [0.5, 0.6) is 0 Å². The minimum absolute atomic E-state index is 0.272. The Morgan fingerprint density at radius 1 is 1.10 bits per heavy atom. The first-order valence-electron chi connectivity index (χ1n) is 8.23. The highest BCUT2D eigenvalue weighted by atomic mass is 16.3. The van der Waals surface area contributed by atoms with Gasteiger partial charge in [0, 0.05) is 32.4 Å². The summed E-state index contributed by atoms with van der Waals surface area (Å²) in [6, 6.07) is 8.91. The number of anilines is 1. The quantitative estimate of drug-likeness (QED) is 0.815. The average Bonchev–Trinajstić information content (AvgIpc) is 2.70. The highest BCUT2D eigenvalue weighted by Gasteiger charge is 2.28. The molecule has 1 fully saturated rings. The standard InChI is InChI=1S/C18H30N2O/c1-15(16-8-10-17(11-9-16)20(2)3)19-14-18(21)12-6-4-5-7-13-18/h8-11,15,19,21H,4-7,12-14H2,1-3H3. The van der Waals surface area contributed by atoms with Gasteiger partial charge in [-0.2, -0.15) is 0 Å². The first-order chi connectivity index (χ1) is 10.0. The van der Waals surface area contributed by atoms with Crippen molar-refractivity contribution in [3.05, 3.63) is 29.8 Å². The van der Waals surface area contributed by atoms with E-state index in [4.69, 9.17) is 0 Å². The minimum atomic E-state index is -0.506. The summed E-state index contributed by atoms with van der Waals surface area (Å²) in [7, 11) is 4.11. The molecule has 0 aromatic heterocycles. The van der Waals surface area contributed by atoms with Crippen LogP contribution >= 0.6 is 0 Å². The lowest BCUT2D eigenvalue weighted by atomic mass is 9.94. The van der Waals surface area contributed by atoms with Gasteiger partial charge in [-0.05, 0) is 37.5 Å². The van der Waals surface area contributed by atoms with Gasteiger partial charge in [0.25, 0.3) is 0 Å². The summed E-state index contributed by atoms with van der Waals surface area (Å²) in [4.78, 5) is 2.11.